The van der Waals surface area contributed by atoms with Crippen LogP contribution in [-0.2, 0) is 0 Å². The van der Waals surface area contributed by atoms with Gasteiger partial charge in [-0.25, -0.2) is 0 Å². The van der Waals surface area contributed by atoms with Crippen LogP contribution in [0.5, 0.6) is 0 Å². The Bertz CT molecular complexity index is 232. The molecule has 0 aromatic heterocycles. The number of hydrogen-bond donors (Lipinski definition) is 2. The Labute approximate surface area is 128 Å². The Balaban J connectivity index is 0.000000191. The molecular weight excluding hydrogens is 272 g/mol. The molecule has 0 heterocycles. The SMILES string of the molecule is NC(=S)SC1CCCCC1.NCCC1CCCCC1. The van der Waals surface area contributed by atoms with Crippen LogP contribution in [-0.4, -0.2) is 16.1 Å². The van der Waals surface area contributed by atoms with Gasteiger partial charge in [0.25, 0.3) is 0 Å². The maximum atomic E-state index is 5.46. The lowest BCUT2D eigenvalue weighted by Gasteiger charge is -2.20. The van der Waals surface area contributed by atoms with Crippen molar-refractivity contribution in [2.24, 2.45) is 17.4 Å². The van der Waals surface area contributed by atoms with E-state index in [1.165, 1.54) is 70.6 Å². The van der Waals surface area contributed by atoms with Crippen LogP contribution in [0.15, 0.2) is 0 Å². The van der Waals surface area contributed by atoms with Crippen LogP contribution in [0.3, 0.4) is 0 Å². The summed E-state index contributed by atoms with van der Waals surface area (Å²) >= 11 is 6.50. The van der Waals surface area contributed by atoms with Gasteiger partial charge in [0.1, 0.15) is 4.32 Å². The first-order valence-corrected chi connectivity index (χ1v) is 9.17. The highest BCUT2D eigenvalue weighted by Gasteiger charge is 2.14. The molecule has 2 fully saturated rings. The monoisotopic (exact) mass is 302 g/mol. The lowest BCUT2D eigenvalue weighted by atomic mass is 9.87. The van der Waals surface area contributed by atoms with Crippen molar-refractivity contribution in [2.45, 2.75) is 75.9 Å². The van der Waals surface area contributed by atoms with Gasteiger partial charge in [0.2, 0.25) is 0 Å². The smallest absolute Gasteiger partial charge is 0.131 e. The second kappa shape index (κ2) is 10.9. The van der Waals surface area contributed by atoms with Crippen molar-refractivity contribution in [3.05, 3.63) is 0 Å². The Morgan fingerprint density at radius 2 is 1.47 bits per heavy atom. The average Bonchev–Trinajstić information content (AvgIpc) is 2.41. The molecule has 19 heavy (non-hydrogen) atoms. The molecule has 4 heteroatoms. The topological polar surface area (TPSA) is 52.0 Å². The molecule has 112 valence electrons. The van der Waals surface area contributed by atoms with Gasteiger partial charge < -0.3 is 11.5 Å². The van der Waals surface area contributed by atoms with E-state index in [0.717, 1.165) is 17.7 Å². The summed E-state index contributed by atoms with van der Waals surface area (Å²) in [5.74, 6) is 0.976. The third-order valence-corrected chi connectivity index (χ3v) is 5.46. The van der Waals surface area contributed by atoms with E-state index < -0.39 is 0 Å². The van der Waals surface area contributed by atoms with Gasteiger partial charge in [-0.05, 0) is 31.7 Å². The molecule has 0 aliphatic heterocycles. The number of rotatable bonds is 3. The molecule has 0 radical (unpaired) electrons. The van der Waals surface area contributed by atoms with E-state index in [4.69, 9.17) is 23.7 Å². The zero-order valence-corrected chi connectivity index (χ0v) is 13.7. The molecule has 0 aromatic carbocycles. The lowest BCUT2D eigenvalue weighted by molar-refractivity contribution is 0.343. The van der Waals surface area contributed by atoms with Gasteiger partial charge in [-0.3, -0.25) is 0 Å². The molecular formula is C15H30N2S2. The third kappa shape index (κ3) is 8.87. The summed E-state index contributed by atoms with van der Waals surface area (Å²) < 4.78 is 0.617. The van der Waals surface area contributed by atoms with Crippen molar-refractivity contribution in [3.8, 4) is 0 Å². The summed E-state index contributed by atoms with van der Waals surface area (Å²) in [7, 11) is 0. The van der Waals surface area contributed by atoms with E-state index in [-0.39, 0.29) is 0 Å². The maximum Gasteiger partial charge on any atom is 0.131 e. The van der Waals surface area contributed by atoms with Gasteiger partial charge in [-0.2, -0.15) is 0 Å². The summed E-state index contributed by atoms with van der Waals surface area (Å²) in [4.78, 5) is 0. The molecule has 2 aliphatic rings. The fourth-order valence-electron chi connectivity index (χ4n) is 3.06. The highest BCUT2D eigenvalue weighted by molar-refractivity contribution is 8.23. The van der Waals surface area contributed by atoms with Crippen molar-refractivity contribution < 1.29 is 0 Å². The Hall–Kier alpha value is 0.200. The van der Waals surface area contributed by atoms with Crippen LogP contribution in [0, 0.1) is 5.92 Å². The molecule has 0 aromatic rings. The van der Waals surface area contributed by atoms with Crippen LogP contribution in [0.25, 0.3) is 0 Å². The van der Waals surface area contributed by atoms with Crippen LogP contribution in [0.2, 0.25) is 0 Å². The first-order chi connectivity index (χ1) is 9.22. The molecule has 2 aliphatic carbocycles. The van der Waals surface area contributed by atoms with E-state index in [1.54, 1.807) is 11.8 Å². The Kier molecular flexibility index (Phi) is 9.92. The molecule has 0 bridgehead atoms. The van der Waals surface area contributed by atoms with Crippen molar-refractivity contribution in [2.75, 3.05) is 6.54 Å². The second-order valence-corrected chi connectivity index (χ2v) is 7.82. The molecule has 0 unspecified atom stereocenters. The fourth-order valence-corrected chi connectivity index (χ4v) is 4.36. The first-order valence-electron chi connectivity index (χ1n) is 7.88. The van der Waals surface area contributed by atoms with E-state index in [9.17, 15) is 0 Å². The number of thiocarbonyl (C=S) groups is 1. The van der Waals surface area contributed by atoms with Gasteiger partial charge in [0.05, 0.1) is 0 Å². The molecule has 0 amide bonds. The summed E-state index contributed by atoms with van der Waals surface area (Å²) in [6.45, 7) is 0.894. The molecule has 0 saturated heterocycles. The fraction of sp³-hybridized carbons (Fsp3) is 0.933. The predicted octanol–water partition coefficient (Wildman–Crippen LogP) is 4.21. The van der Waals surface area contributed by atoms with Crippen molar-refractivity contribution in [1.29, 1.82) is 0 Å². The minimum Gasteiger partial charge on any atom is -0.385 e. The lowest BCUT2D eigenvalue weighted by Crippen LogP contribution is -2.14. The Morgan fingerprint density at radius 1 is 0.947 bits per heavy atom. The molecule has 0 atom stereocenters. The van der Waals surface area contributed by atoms with Crippen molar-refractivity contribution in [1.82, 2.24) is 0 Å². The zero-order valence-electron chi connectivity index (χ0n) is 12.1. The van der Waals surface area contributed by atoms with Gasteiger partial charge in [0, 0.05) is 5.25 Å². The highest BCUT2D eigenvalue weighted by atomic mass is 32.2. The summed E-state index contributed by atoms with van der Waals surface area (Å²) in [6, 6.07) is 0. The van der Waals surface area contributed by atoms with Crippen molar-refractivity contribution >= 4 is 28.3 Å². The number of thioether (sulfide) groups is 1. The van der Waals surface area contributed by atoms with Gasteiger partial charge in [-0.1, -0.05) is 75.3 Å². The largest absolute Gasteiger partial charge is 0.385 e. The van der Waals surface area contributed by atoms with E-state index in [1.807, 2.05) is 0 Å². The van der Waals surface area contributed by atoms with E-state index >= 15 is 0 Å². The Morgan fingerprint density at radius 3 is 1.95 bits per heavy atom. The van der Waals surface area contributed by atoms with Gasteiger partial charge in [-0.15, -0.1) is 0 Å². The third-order valence-electron chi connectivity index (χ3n) is 4.13. The van der Waals surface area contributed by atoms with Crippen molar-refractivity contribution in [3.63, 3.8) is 0 Å². The van der Waals surface area contributed by atoms with E-state index in [0.29, 0.717) is 4.32 Å². The first kappa shape index (κ1) is 17.3. The minimum absolute atomic E-state index is 0.617. The average molecular weight is 303 g/mol. The summed E-state index contributed by atoms with van der Waals surface area (Å²) in [6.07, 6.45) is 15.2. The van der Waals surface area contributed by atoms with E-state index in [2.05, 4.69) is 0 Å². The normalized spacial score (nSPS) is 21.5. The standard InChI is InChI=1S/C8H17N.C7H13NS2/c9-7-6-8-4-2-1-3-5-8;8-7(9)10-6-4-2-1-3-5-6/h8H,1-7,9H2;6H,1-5H2,(H2,8,9). The molecule has 0 spiro atoms. The summed E-state index contributed by atoms with van der Waals surface area (Å²) in [5.41, 5.74) is 10.9. The number of hydrogen-bond acceptors (Lipinski definition) is 3. The maximum absolute atomic E-state index is 5.46. The van der Waals surface area contributed by atoms with Crippen LogP contribution < -0.4 is 11.5 Å². The molecule has 2 nitrogen and oxygen atoms in total. The molecule has 4 N–H and O–H groups in total. The zero-order chi connectivity index (χ0) is 13.9. The quantitative estimate of drug-likeness (QED) is 0.767. The van der Waals surface area contributed by atoms with Crippen LogP contribution >= 0.6 is 24.0 Å². The van der Waals surface area contributed by atoms with Gasteiger partial charge in [0.15, 0.2) is 0 Å². The predicted molar refractivity (Wildman–Crippen MR) is 91.5 cm³/mol. The van der Waals surface area contributed by atoms with Crippen LogP contribution in [0.4, 0.5) is 0 Å². The minimum atomic E-state index is 0.617. The summed E-state index contributed by atoms with van der Waals surface area (Å²) in [5, 5.41) is 0.728. The second-order valence-electron chi connectivity index (χ2n) is 5.78. The highest BCUT2D eigenvalue weighted by Crippen LogP contribution is 2.28. The van der Waals surface area contributed by atoms with Gasteiger partial charge >= 0.3 is 0 Å². The number of nitrogens with two attached hydrogens (primary N) is 2. The van der Waals surface area contributed by atoms with Crippen LogP contribution in [0.1, 0.15) is 70.6 Å². The molecule has 2 saturated carbocycles. The molecule has 2 rings (SSSR count).